The number of cyclic esters (lactones) is 1. The molecule has 0 aliphatic carbocycles. The van der Waals surface area contributed by atoms with Crippen LogP contribution in [-0.2, 0) is 19.1 Å². The normalized spacial score (nSPS) is 26.4. The van der Waals surface area contributed by atoms with Gasteiger partial charge in [-0.05, 0) is 25.7 Å². The SMILES string of the molecule is CC(=O)OCCCCC(=O)CCCCCCC[C@@H](O)[C@@H]1[C@@H](O)[C@H](O)[C@H]2COC(=O)N12. The van der Waals surface area contributed by atoms with Gasteiger partial charge in [-0.1, -0.05) is 25.7 Å². The summed E-state index contributed by atoms with van der Waals surface area (Å²) in [7, 11) is 0. The Balaban J connectivity index is 1.51. The van der Waals surface area contributed by atoms with E-state index in [4.69, 9.17) is 9.47 Å². The van der Waals surface area contributed by atoms with Crippen molar-refractivity contribution in [2.45, 2.75) is 102 Å². The zero-order chi connectivity index (χ0) is 22.1. The smallest absolute Gasteiger partial charge is 0.410 e. The van der Waals surface area contributed by atoms with Gasteiger partial charge in [0.15, 0.2) is 0 Å². The van der Waals surface area contributed by atoms with Crippen LogP contribution < -0.4 is 0 Å². The number of carbonyl (C=O) groups is 3. The number of ether oxygens (including phenoxy) is 2. The molecule has 2 aliphatic heterocycles. The van der Waals surface area contributed by atoms with Crippen molar-refractivity contribution in [1.82, 2.24) is 4.90 Å². The molecule has 2 aliphatic rings. The highest BCUT2D eigenvalue weighted by molar-refractivity contribution is 5.78. The van der Waals surface area contributed by atoms with Crippen molar-refractivity contribution in [3.05, 3.63) is 0 Å². The van der Waals surface area contributed by atoms with Crippen molar-refractivity contribution >= 4 is 17.8 Å². The fourth-order valence-corrected chi connectivity index (χ4v) is 4.20. The van der Waals surface area contributed by atoms with Gasteiger partial charge in [-0.3, -0.25) is 14.5 Å². The van der Waals surface area contributed by atoms with Crippen LogP contribution >= 0.6 is 0 Å². The zero-order valence-electron chi connectivity index (χ0n) is 17.7. The summed E-state index contributed by atoms with van der Waals surface area (Å²) in [6.45, 7) is 1.77. The molecule has 30 heavy (non-hydrogen) atoms. The number of aliphatic hydroxyl groups is 3. The zero-order valence-corrected chi connectivity index (χ0v) is 17.7. The first-order chi connectivity index (χ1) is 14.3. The molecule has 0 spiro atoms. The Morgan fingerprint density at radius 2 is 1.70 bits per heavy atom. The van der Waals surface area contributed by atoms with Crippen LogP contribution in [0.4, 0.5) is 4.79 Å². The molecule has 2 saturated heterocycles. The molecule has 9 nitrogen and oxygen atoms in total. The van der Waals surface area contributed by atoms with E-state index in [2.05, 4.69) is 0 Å². The Morgan fingerprint density at radius 3 is 2.40 bits per heavy atom. The van der Waals surface area contributed by atoms with Crippen LogP contribution in [0.2, 0.25) is 0 Å². The van der Waals surface area contributed by atoms with Crippen molar-refractivity contribution in [3.8, 4) is 0 Å². The number of nitrogens with zero attached hydrogens (tertiary/aromatic N) is 1. The highest BCUT2D eigenvalue weighted by Gasteiger charge is 2.56. The first-order valence-electron chi connectivity index (χ1n) is 11.0. The summed E-state index contributed by atoms with van der Waals surface area (Å²) in [6, 6.07) is -1.43. The third-order valence-electron chi connectivity index (χ3n) is 5.87. The summed E-state index contributed by atoms with van der Waals surface area (Å²) in [5.74, 6) is -0.0670. The molecule has 3 N–H and O–H groups in total. The van der Waals surface area contributed by atoms with Gasteiger partial charge in [-0.2, -0.15) is 0 Å². The van der Waals surface area contributed by atoms with Gasteiger partial charge in [0.25, 0.3) is 0 Å². The van der Waals surface area contributed by atoms with E-state index in [1.807, 2.05) is 0 Å². The number of Topliss-reactive ketones (excluding diaryl/α,β-unsaturated/α-hetero) is 1. The van der Waals surface area contributed by atoms with Gasteiger partial charge >= 0.3 is 12.1 Å². The van der Waals surface area contributed by atoms with Gasteiger partial charge in [0.05, 0.1) is 24.8 Å². The van der Waals surface area contributed by atoms with E-state index >= 15 is 0 Å². The molecular weight excluding hydrogens is 394 g/mol. The minimum Gasteiger partial charge on any atom is -0.466 e. The largest absolute Gasteiger partial charge is 0.466 e. The molecule has 0 bridgehead atoms. The second kappa shape index (κ2) is 12.2. The van der Waals surface area contributed by atoms with Crippen LogP contribution in [0.1, 0.15) is 71.1 Å². The minimum atomic E-state index is -1.17. The molecule has 0 saturated carbocycles. The maximum absolute atomic E-state index is 11.8. The average Bonchev–Trinajstić information content (AvgIpc) is 3.18. The molecule has 2 fully saturated rings. The third-order valence-corrected chi connectivity index (χ3v) is 5.87. The van der Waals surface area contributed by atoms with Gasteiger partial charge in [0.1, 0.15) is 24.6 Å². The number of unbranched alkanes of at least 4 members (excludes halogenated alkanes) is 5. The number of ketones is 1. The van der Waals surface area contributed by atoms with E-state index in [1.165, 1.54) is 11.8 Å². The third kappa shape index (κ3) is 6.92. The molecular formula is C21H35NO8. The van der Waals surface area contributed by atoms with Crippen molar-refractivity contribution in [1.29, 1.82) is 0 Å². The number of esters is 1. The summed E-state index contributed by atoms with van der Waals surface area (Å²) < 4.78 is 9.74. The van der Waals surface area contributed by atoms with Gasteiger partial charge in [0, 0.05) is 19.8 Å². The second-order valence-corrected chi connectivity index (χ2v) is 8.23. The minimum absolute atomic E-state index is 0.0329. The lowest BCUT2D eigenvalue weighted by atomic mass is 9.98. The standard InChI is InChI=1S/C21H35NO8/c1-14(23)29-12-8-7-10-15(24)9-5-3-2-4-6-11-17(25)18-20(27)19(26)16-13-30-21(28)22(16)18/h16-20,25-27H,2-13H2,1H3/t16-,17-,18-,19-,20-/m1/s1. The first kappa shape index (κ1) is 24.6. The number of fused-ring (bicyclic) bond motifs is 1. The van der Waals surface area contributed by atoms with E-state index in [0.29, 0.717) is 32.3 Å². The van der Waals surface area contributed by atoms with E-state index < -0.39 is 36.5 Å². The highest BCUT2D eigenvalue weighted by Crippen LogP contribution is 2.33. The Kier molecular flexibility index (Phi) is 10.0. The molecule has 0 aromatic carbocycles. The van der Waals surface area contributed by atoms with Crippen LogP contribution in [0.3, 0.4) is 0 Å². The Hall–Kier alpha value is -1.71. The molecule has 0 aromatic heterocycles. The fraction of sp³-hybridized carbons (Fsp3) is 0.857. The maximum Gasteiger partial charge on any atom is 0.410 e. The molecule has 9 heteroatoms. The van der Waals surface area contributed by atoms with Crippen molar-refractivity contribution in [2.75, 3.05) is 13.2 Å². The maximum atomic E-state index is 11.8. The predicted molar refractivity (Wildman–Crippen MR) is 107 cm³/mol. The second-order valence-electron chi connectivity index (χ2n) is 8.23. The van der Waals surface area contributed by atoms with Crippen LogP contribution in [0.25, 0.3) is 0 Å². The van der Waals surface area contributed by atoms with Crippen LogP contribution in [0, 0.1) is 0 Å². The lowest BCUT2D eigenvalue weighted by molar-refractivity contribution is -0.141. The van der Waals surface area contributed by atoms with Crippen LogP contribution in [-0.4, -0.2) is 81.7 Å². The van der Waals surface area contributed by atoms with Gasteiger partial charge in [-0.15, -0.1) is 0 Å². The van der Waals surface area contributed by atoms with Crippen LogP contribution in [0.5, 0.6) is 0 Å². The van der Waals surface area contributed by atoms with Gasteiger partial charge < -0.3 is 24.8 Å². The number of carbonyl (C=O) groups excluding carboxylic acids is 3. The molecule has 1 amide bonds. The topological polar surface area (TPSA) is 134 Å². The van der Waals surface area contributed by atoms with E-state index in [9.17, 15) is 29.7 Å². The van der Waals surface area contributed by atoms with Gasteiger partial charge in [-0.25, -0.2) is 4.79 Å². The van der Waals surface area contributed by atoms with E-state index in [0.717, 1.165) is 38.5 Å². The van der Waals surface area contributed by atoms with E-state index in [1.54, 1.807) is 0 Å². The monoisotopic (exact) mass is 429 g/mol. The van der Waals surface area contributed by atoms with Crippen molar-refractivity contribution in [2.24, 2.45) is 0 Å². The Morgan fingerprint density at radius 1 is 1.07 bits per heavy atom. The number of amides is 1. The van der Waals surface area contributed by atoms with Crippen LogP contribution in [0.15, 0.2) is 0 Å². The lowest BCUT2D eigenvalue weighted by Crippen LogP contribution is -2.47. The van der Waals surface area contributed by atoms with E-state index in [-0.39, 0.29) is 18.4 Å². The average molecular weight is 430 g/mol. The lowest BCUT2D eigenvalue weighted by Gasteiger charge is -2.27. The fourth-order valence-electron chi connectivity index (χ4n) is 4.20. The highest BCUT2D eigenvalue weighted by atomic mass is 16.6. The molecule has 0 radical (unpaired) electrons. The number of hydrogen-bond donors (Lipinski definition) is 3. The summed E-state index contributed by atoms with van der Waals surface area (Å²) in [5, 5.41) is 30.7. The van der Waals surface area contributed by atoms with Crippen molar-refractivity contribution < 1.29 is 39.2 Å². The molecule has 5 atom stereocenters. The first-order valence-corrected chi connectivity index (χ1v) is 11.0. The molecule has 2 heterocycles. The summed E-state index contributed by atoms with van der Waals surface area (Å²) in [5.41, 5.74) is 0. The summed E-state index contributed by atoms with van der Waals surface area (Å²) in [4.78, 5) is 35.5. The molecule has 0 unspecified atom stereocenters. The number of aliphatic hydroxyl groups excluding tert-OH is 3. The Labute approximate surface area is 177 Å². The summed E-state index contributed by atoms with van der Waals surface area (Å²) >= 11 is 0. The molecule has 172 valence electrons. The molecule has 2 rings (SSSR count). The predicted octanol–water partition coefficient (Wildman–Crippen LogP) is 1.31. The quantitative estimate of drug-likeness (QED) is 0.278. The Bertz CT molecular complexity index is 583. The molecule has 0 aromatic rings. The summed E-state index contributed by atoms with van der Waals surface area (Å²) in [6.07, 6.45) is 3.47. The number of rotatable bonds is 14. The van der Waals surface area contributed by atoms with Crippen molar-refractivity contribution in [3.63, 3.8) is 0 Å². The van der Waals surface area contributed by atoms with Gasteiger partial charge in [0.2, 0.25) is 0 Å². The number of hydrogen-bond acceptors (Lipinski definition) is 8.